The molecule has 0 aliphatic carbocycles. The minimum Gasteiger partial charge on any atom is -0.469 e. The number of hydrogen-bond acceptors (Lipinski definition) is 10. The molecule has 0 aliphatic rings. The molecule has 0 heterocycles. The van der Waals surface area contributed by atoms with E-state index in [-0.39, 0.29) is 55.6 Å². The quantitative estimate of drug-likeness (QED) is 0.0729. The van der Waals surface area contributed by atoms with Crippen LogP contribution in [0.4, 0.5) is 15.3 Å². The second-order valence-corrected chi connectivity index (χ2v) is 13.4. The second-order valence-electron chi connectivity index (χ2n) is 11.5. The monoisotopic (exact) mass is 664 g/mol. The van der Waals surface area contributed by atoms with Gasteiger partial charge >= 0.3 is 18.2 Å². The SMILES string of the molecule is COC(=O)CCCCCN(C[C@H](CCCNC(=O)OCc1ccccc1)NC(=O)OC(C)(C)C)S(=O)(=O)c1ccc([N+](=O)[O-])cc1. The lowest BCUT2D eigenvalue weighted by Gasteiger charge is -2.29. The molecule has 0 unspecified atom stereocenters. The predicted molar refractivity (Wildman–Crippen MR) is 169 cm³/mol. The molecule has 0 spiro atoms. The maximum Gasteiger partial charge on any atom is 0.407 e. The van der Waals surface area contributed by atoms with Gasteiger partial charge in [0.15, 0.2) is 0 Å². The van der Waals surface area contributed by atoms with Crippen LogP contribution in [0.3, 0.4) is 0 Å². The number of alkyl carbamates (subject to hydrolysis) is 2. The maximum atomic E-state index is 13.8. The van der Waals surface area contributed by atoms with E-state index in [1.807, 2.05) is 30.3 Å². The first-order valence-electron chi connectivity index (χ1n) is 15.0. The first-order valence-corrected chi connectivity index (χ1v) is 16.4. The third-order valence-electron chi connectivity index (χ3n) is 6.56. The number of sulfonamides is 1. The second kappa shape index (κ2) is 18.7. The van der Waals surface area contributed by atoms with Gasteiger partial charge in [-0.15, -0.1) is 0 Å². The van der Waals surface area contributed by atoms with Gasteiger partial charge in [-0.25, -0.2) is 18.0 Å². The number of ether oxygens (including phenoxy) is 3. The van der Waals surface area contributed by atoms with E-state index in [0.29, 0.717) is 25.7 Å². The molecule has 0 aromatic heterocycles. The summed E-state index contributed by atoms with van der Waals surface area (Å²) in [6, 6.07) is 13.0. The van der Waals surface area contributed by atoms with Gasteiger partial charge in [0.1, 0.15) is 12.2 Å². The Morgan fingerprint density at radius 2 is 1.63 bits per heavy atom. The van der Waals surface area contributed by atoms with Crippen molar-refractivity contribution in [2.24, 2.45) is 0 Å². The summed E-state index contributed by atoms with van der Waals surface area (Å²) < 4.78 is 44.0. The number of non-ortho nitro benzene ring substituents is 1. The van der Waals surface area contributed by atoms with E-state index in [4.69, 9.17) is 9.47 Å². The summed E-state index contributed by atoms with van der Waals surface area (Å²) >= 11 is 0. The van der Waals surface area contributed by atoms with Crippen molar-refractivity contribution >= 4 is 33.9 Å². The molecule has 2 aromatic carbocycles. The van der Waals surface area contributed by atoms with Gasteiger partial charge in [0.2, 0.25) is 10.0 Å². The summed E-state index contributed by atoms with van der Waals surface area (Å²) in [5, 5.41) is 16.5. The summed E-state index contributed by atoms with van der Waals surface area (Å²) in [7, 11) is -2.86. The van der Waals surface area contributed by atoms with Crippen LogP contribution in [0.15, 0.2) is 59.5 Å². The number of amides is 2. The molecule has 0 aliphatic heterocycles. The molecular formula is C31H44N4O10S. The van der Waals surface area contributed by atoms with E-state index in [1.54, 1.807) is 20.8 Å². The summed E-state index contributed by atoms with van der Waals surface area (Å²) in [5.74, 6) is -0.366. The van der Waals surface area contributed by atoms with Crippen LogP contribution in [-0.4, -0.2) is 74.2 Å². The lowest BCUT2D eigenvalue weighted by molar-refractivity contribution is -0.384. The fourth-order valence-corrected chi connectivity index (χ4v) is 5.80. The van der Waals surface area contributed by atoms with Gasteiger partial charge in [0.25, 0.3) is 5.69 Å². The molecule has 15 heteroatoms. The Bertz CT molecular complexity index is 1380. The average molecular weight is 665 g/mol. The van der Waals surface area contributed by atoms with Crippen molar-refractivity contribution in [3.8, 4) is 0 Å². The van der Waals surface area contributed by atoms with Crippen LogP contribution in [0, 0.1) is 10.1 Å². The van der Waals surface area contributed by atoms with Gasteiger partial charge in [0.05, 0.1) is 16.9 Å². The molecule has 0 bridgehead atoms. The van der Waals surface area contributed by atoms with Gasteiger partial charge in [-0.1, -0.05) is 36.8 Å². The Hall–Kier alpha value is -4.24. The molecule has 254 valence electrons. The topological polar surface area (TPSA) is 183 Å². The zero-order valence-electron chi connectivity index (χ0n) is 26.7. The number of benzene rings is 2. The third kappa shape index (κ3) is 14.2. The minimum absolute atomic E-state index is 0.0526. The smallest absolute Gasteiger partial charge is 0.407 e. The van der Waals surface area contributed by atoms with E-state index >= 15 is 0 Å². The standard InChI is InChI=1S/C31H44N4O10S/c1-31(2,3)45-30(38)33-25(14-11-20-32-29(37)44-23-24-12-7-5-8-13-24)22-34(21-10-6-9-15-28(36)43-4)46(41,42)27-18-16-26(17-19-27)35(39)40/h5,7-8,12-13,16-19,25H,6,9-11,14-15,20-23H2,1-4H3,(H,32,37)(H,33,38)/t25-/m0/s1. The van der Waals surface area contributed by atoms with Crippen LogP contribution < -0.4 is 10.6 Å². The highest BCUT2D eigenvalue weighted by Gasteiger charge is 2.29. The predicted octanol–water partition coefficient (Wildman–Crippen LogP) is 4.92. The highest BCUT2D eigenvalue weighted by Crippen LogP contribution is 2.21. The molecule has 1 atom stereocenters. The zero-order valence-corrected chi connectivity index (χ0v) is 27.5. The molecular weight excluding hydrogens is 620 g/mol. The van der Waals surface area contributed by atoms with Gasteiger partial charge in [-0.3, -0.25) is 14.9 Å². The first-order chi connectivity index (χ1) is 21.7. The minimum atomic E-state index is -4.16. The van der Waals surface area contributed by atoms with Crippen molar-refractivity contribution in [2.45, 2.75) is 82.4 Å². The molecule has 2 rings (SSSR count). The number of esters is 1. The molecule has 0 radical (unpaired) electrons. The van der Waals surface area contributed by atoms with Gasteiger partial charge in [-0.05, 0) is 64.2 Å². The molecule has 0 saturated carbocycles. The molecule has 0 saturated heterocycles. The Balaban J connectivity index is 2.16. The highest BCUT2D eigenvalue weighted by molar-refractivity contribution is 7.89. The van der Waals surface area contributed by atoms with Crippen molar-refractivity contribution in [1.82, 2.24) is 14.9 Å². The fraction of sp³-hybridized carbons (Fsp3) is 0.516. The van der Waals surface area contributed by atoms with E-state index in [2.05, 4.69) is 15.4 Å². The van der Waals surface area contributed by atoms with Crippen LogP contribution in [0.2, 0.25) is 0 Å². The Morgan fingerprint density at radius 1 is 0.957 bits per heavy atom. The van der Waals surface area contributed by atoms with E-state index in [9.17, 15) is 32.9 Å². The summed E-state index contributed by atoms with van der Waals surface area (Å²) in [6.07, 6.45) is 0.892. The number of unbranched alkanes of at least 4 members (excludes halogenated alkanes) is 2. The van der Waals surface area contributed by atoms with Crippen molar-refractivity contribution in [2.75, 3.05) is 26.7 Å². The van der Waals surface area contributed by atoms with Crippen molar-refractivity contribution in [3.05, 3.63) is 70.3 Å². The average Bonchev–Trinajstić information content (AvgIpc) is 3.00. The highest BCUT2D eigenvalue weighted by atomic mass is 32.2. The van der Waals surface area contributed by atoms with E-state index < -0.39 is 38.8 Å². The molecule has 46 heavy (non-hydrogen) atoms. The van der Waals surface area contributed by atoms with Gasteiger partial charge in [-0.2, -0.15) is 4.31 Å². The number of nitro benzene ring substituents is 1. The summed E-state index contributed by atoms with van der Waals surface area (Å²) in [4.78, 5) is 46.7. The lowest BCUT2D eigenvalue weighted by Crippen LogP contribution is -2.47. The van der Waals surface area contributed by atoms with E-state index in [1.165, 1.54) is 23.5 Å². The maximum absolute atomic E-state index is 13.8. The van der Waals surface area contributed by atoms with Crippen LogP contribution in [0.1, 0.15) is 64.9 Å². The molecule has 2 N–H and O–H groups in total. The molecule has 2 amide bonds. The zero-order chi connectivity index (χ0) is 34.2. The van der Waals surface area contributed by atoms with Gasteiger partial charge in [0, 0.05) is 44.2 Å². The summed E-state index contributed by atoms with van der Waals surface area (Å²) in [6.45, 7) is 5.31. The van der Waals surface area contributed by atoms with Crippen LogP contribution in [0.5, 0.6) is 0 Å². The number of carbonyl (C=O) groups excluding carboxylic acids is 3. The lowest BCUT2D eigenvalue weighted by atomic mass is 10.1. The van der Waals surface area contributed by atoms with Crippen molar-refractivity contribution in [1.29, 1.82) is 0 Å². The largest absolute Gasteiger partial charge is 0.469 e. The third-order valence-corrected chi connectivity index (χ3v) is 8.44. The Labute approximate surface area is 270 Å². The van der Waals surface area contributed by atoms with Crippen molar-refractivity contribution in [3.63, 3.8) is 0 Å². The number of nitrogens with one attached hydrogen (secondary N) is 2. The number of hydrogen-bond donors (Lipinski definition) is 2. The normalized spacial score (nSPS) is 12.2. The number of nitrogens with zero attached hydrogens (tertiary/aromatic N) is 2. The van der Waals surface area contributed by atoms with Gasteiger partial charge < -0.3 is 24.8 Å². The van der Waals surface area contributed by atoms with Crippen LogP contribution in [-0.2, 0) is 35.6 Å². The fourth-order valence-electron chi connectivity index (χ4n) is 4.28. The number of carbonyl (C=O) groups is 3. The number of rotatable bonds is 18. The van der Waals surface area contributed by atoms with E-state index in [0.717, 1.165) is 17.7 Å². The Morgan fingerprint density at radius 3 is 2.24 bits per heavy atom. The Kier molecular flexibility index (Phi) is 15.4. The van der Waals surface area contributed by atoms with Crippen LogP contribution >= 0.6 is 0 Å². The molecule has 2 aromatic rings. The first kappa shape index (κ1) is 37.9. The molecule has 0 fully saturated rings. The number of nitro groups is 1. The number of methoxy groups -OCH3 is 1. The summed E-state index contributed by atoms with van der Waals surface area (Å²) in [5.41, 5.74) is -0.227. The van der Waals surface area contributed by atoms with Crippen LogP contribution in [0.25, 0.3) is 0 Å². The molecule has 14 nitrogen and oxygen atoms in total. The van der Waals surface area contributed by atoms with Crippen molar-refractivity contribution < 1.29 is 41.9 Å².